The second kappa shape index (κ2) is 7.42. The molecular formula is C11H15Cl2NO4S. The van der Waals surface area contributed by atoms with Crippen LogP contribution in [0.15, 0.2) is 23.1 Å². The molecule has 0 bridgehead atoms. The summed E-state index contributed by atoms with van der Waals surface area (Å²) in [6, 6.07) is 4.05. The molecule has 5 nitrogen and oxygen atoms in total. The lowest BCUT2D eigenvalue weighted by atomic mass is 10.3. The maximum Gasteiger partial charge on any atom is 0.240 e. The molecule has 1 aromatic carbocycles. The van der Waals surface area contributed by atoms with Gasteiger partial charge in [0.05, 0.1) is 27.7 Å². The third kappa shape index (κ3) is 5.25. The largest absolute Gasteiger partial charge is 0.391 e. The Morgan fingerprint density at radius 2 is 2.05 bits per heavy atom. The van der Waals surface area contributed by atoms with Crippen molar-refractivity contribution >= 4 is 33.2 Å². The standard InChI is InChI=1S/C11H15Cl2NO4S/c1-18-7-8(15)4-5-14-19(16,17)9-2-3-10(12)11(13)6-9/h2-3,6,8,14-15H,4-5,7H2,1H3. The van der Waals surface area contributed by atoms with Crippen LogP contribution in [-0.4, -0.2) is 39.9 Å². The molecule has 19 heavy (non-hydrogen) atoms. The minimum Gasteiger partial charge on any atom is -0.391 e. The predicted octanol–water partition coefficient (Wildman–Crippen LogP) is 1.67. The number of ether oxygens (including phenoxy) is 1. The van der Waals surface area contributed by atoms with E-state index in [1.807, 2.05) is 0 Å². The molecule has 0 amide bonds. The van der Waals surface area contributed by atoms with Crippen LogP contribution in [0, 0.1) is 0 Å². The van der Waals surface area contributed by atoms with Gasteiger partial charge in [0.1, 0.15) is 0 Å². The SMILES string of the molecule is COCC(O)CCNS(=O)(=O)c1ccc(Cl)c(Cl)c1. The molecule has 1 rings (SSSR count). The minimum atomic E-state index is -3.66. The Bertz CT molecular complexity index is 521. The number of halogens is 2. The number of hydrogen-bond donors (Lipinski definition) is 2. The summed E-state index contributed by atoms with van der Waals surface area (Å²) in [5.41, 5.74) is 0. The maximum atomic E-state index is 11.9. The van der Waals surface area contributed by atoms with E-state index >= 15 is 0 Å². The van der Waals surface area contributed by atoms with Gasteiger partial charge in [-0.15, -0.1) is 0 Å². The zero-order valence-electron chi connectivity index (χ0n) is 10.3. The molecule has 0 fully saturated rings. The lowest BCUT2D eigenvalue weighted by Gasteiger charge is -2.11. The molecule has 2 N–H and O–H groups in total. The van der Waals surface area contributed by atoms with Crippen LogP contribution in [0.1, 0.15) is 6.42 Å². The Hall–Kier alpha value is -0.370. The second-order valence-corrected chi connectivity index (χ2v) is 6.45. The third-order valence-corrected chi connectivity index (χ3v) is 4.53. The van der Waals surface area contributed by atoms with Crippen LogP contribution in [0.4, 0.5) is 0 Å². The van der Waals surface area contributed by atoms with Crippen molar-refractivity contribution in [2.75, 3.05) is 20.3 Å². The highest BCUT2D eigenvalue weighted by Crippen LogP contribution is 2.24. The summed E-state index contributed by atoms with van der Waals surface area (Å²) in [5.74, 6) is 0. The van der Waals surface area contributed by atoms with Gasteiger partial charge in [0.25, 0.3) is 0 Å². The fraction of sp³-hybridized carbons (Fsp3) is 0.455. The molecular weight excluding hydrogens is 313 g/mol. The Balaban J connectivity index is 2.63. The van der Waals surface area contributed by atoms with E-state index in [9.17, 15) is 13.5 Å². The van der Waals surface area contributed by atoms with Crippen LogP contribution < -0.4 is 4.72 Å². The van der Waals surface area contributed by atoms with Gasteiger partial charge in [-0.25, -0.2) is 13.1 Å². The van der Waals surface area contributed by atoms with Gasteiger partial charge >= 0.3 is 0 Å². The molecule has 0 radical (unpaired) electrons. The first-order valence-electron chi connectivity index (χ1n) is 5.48. The number of methoxy groups -OCH3 is 1. The van der Waals surface area contributed by atoms with Gasteiger partial charge in [0.2, 0.25) is 10.0 Å². The van der Waals surface area contributed by atoms with Gasteiger partial charge < -0.3 is 9.84 Å². The topological polar surface area (TPSA) is 75.6 Å². The van der Waals surface area contributed by atoms with E-state index in [0.717, 1.165) is 0 Å². The highest BCUT2D eigenvalue weighted by atomic mass is 35.5. The maximum absolute atomic E-state index is 11.9. The molecule has 1 atom stereocenters. The van der Waals surface area contributed by atoms with Crippen molar-refractivity contribution in [1.82, 2.24) is 4.72 Å². The highest BCUT2D eigenvalue weighted by Gasteiger charge is 2.15. The fourth-order valence-corrected chi connectivity index (χ4v) is 2.80. The Kier molecular flexibility index (Phi) is 6.52. The molecule has 1 aromatic rings. The summed E-state index contributed by atoms with van der Waals surface area (Å²) in [6.45, 7) is 0.265. The van der Waals surface area contributed by atoms with E-state index in [-0.39, 0.29) is 34.5 Å². The van der Waals surface area contributed by atoms with Crippen molar-refractivity contribution in [3.63, 3.8) is 0 Å². The van der Waals surface area contributed by atoms with Gasteiger partial charge in [-0.2, -0.15) is 0 Å². The normalized spacial score (nSPS) is 13.5. The van der Waals surface area contributed by atoms with Crippen LogP contribution in [0.3, 0.4) is 0 Å². The molecule has 0 heterocycles. The van der Waals surface area contributed by atoms with Gasteiger partial charge in [-0.3, -0.25) is 0 Å². The molecule has 0 saturated heterocycles. The Labute approximate surface area is 122 Å². The number of hydrogen-bond acceptors (Lipinski definition) is 4. The van der Waals surface area contributed by atoms with Gasteiger partial charge in [0.15, 0.2) is 0 Å². The monoisotopic (exact) mass is 327 g/mol. The average molecular weight is 328 g/mol. The first kappa shape index (κ1) is 16.7. The van der Waals surface area contributed by atoms with Gasteiger partial charge in [0, 0.05) is 13.7 Å². The summed E-state index contributed by atoms with van der Waals surface area (Å²) >= 11 is 11.5. The zero-order chi connectivity index (χ0) is 14.5. The van der Waals surface area contributed by atoms with Crippen molar-refractivity contribution in [1.29, 1.82) is 0 Å². The highest BCUT2D eigenvalue weighted by molar-refractivity contribution is 7.89. The zero-order valence-corrected chi connectivity index (χ0v) is 12.6. The molecule has 108 valence electrons. The molecule has 0 aliphatic carbocycles. The molecule has 0 saturated carbocycles. The van der Waals surface area contributed by atoms with Crippen molar-refractivity contribution in [2.24, 2.45) is 0 Å². The van der Waals surface area contributed by atoms with Crippen molar-refractivity contribution in [3.05, 3.63) is 28.2 Å². The van der Waals surface area contributed by atoms with Crippen molar-refractivity contribution < 1.29 is 18.3 Å². The van der Waals surface area contributed by atoms with E-state index in [2.05, 4.69) is 4.72 Å². The third-order valence-electron chi connectivity index (χ3n) is 2.33. The van der Waals surface area contributed by atoms with E-state index in [4.69, 9.17) is 27.9 Å². The number of rotatable bonds is 7. The number of aliphatic hydroxyl groups is 1. The number of benzene rings is 1. The number of sulfonamides is 1. The van der Waals surface area contributed by atoms with Gasteiger partial charge in [-0.1, -0.05) is 23.2 Å². The van der Waals surface area contributed by atoms with E-state index in [1.54, 1.807) is 0 Å². The lowest BCUT2D eigenvalue weighted by molar-refractivity contribution is 0.0603. The average Bonchev–Trinajstić information content (AvgIpc) is 2.32. The summed E-state index contributed by atoms with van der Waals surface area (Å²) in [5, 5.41) is 9.86. The van der Waals surface area contributed by atoms with Crippen LogP contribution >= 0.6 is 23.2 Å². The Morgan fingerprint density at radius 3 is 2.63 bits per heavy atom. The molecule has 8 heteroatoms. The smallest absolute Gasteiger partial charge is 0.240 e. The fourth-order valence-electron chi connectivity index (χ4n) is 1.36. The molecule has 0 aliphatic rings. The summed E-state index contributed by atoms with van der Waals surface area (Å²) in [4.78, 5) is 0.0307. The van der Waals surface area contributed by atoms with Crippen LogP contribution in [0.5, 0.6) is 0 Å². The second-order valence-electron chi connectivity index (χ2n) is 3.87. The molecule has 0 aliphatic heterocycles. The van der Waals surface area contributed by atoms with Crippen LogP contribution in [0.25, 0.3) is 0 Å². The Morgan fingerprint density at radius 1 is 1.37 bits per heavy atom. The van der Waals surface area contributed by atoms with Gasteiger partial charge in [-0.05, 0) is 24.6 Å². The van der Waals surface area contributed by atoms with Crippen LogP contribution in [0.2, 0.25) is 10.0 Å². The number of aliphatic hydroxyl groups excluding tert-OH is 1. The quantitative estimate of drug-likeness (QED) is 0.798. The summed E-state index contributed by atoms with van der Waals surface area (Å²) in [6.07, 6.45) is -0.449. The first-order valence-corrected chi connectivity index (χ1v) is 7.72. The number of nitrogens with one attached hydrogen (secondary N) is 1. The molecule has 0 aromatic heterocycles. The van der Waals surface area contributed by atoms with Crippen molar-refractivity contribution in [2.45, 2.75) is 17.4 Å². The first-order chi connectivity index (χ1) is 8.86. The van der Waals surface area contributed by atoms with E-state index < -0.39 is 16.1 Å². The van der Waals surface area contributed by atoms with Crippen LogP contribution in [-0.2, 0) is 14.8 Å². The minimum absolute atomic E-state index is 0.0307. The molecule has 0 spiro atoms. The van der Waals surface area contributed by atoms with Crippen molar-refractivity contribution in [3.8, 4) is 0 Å². The predicted molar refractivity (Wildman–Crippen MR) is 74.2 cm³/mol. The lowest BCUT2D eigenvalue weighted by Crippen LogP contribution is -2.28. The summed E-state index contributed by atoms with van der Waals surface area (Å²) < 4.78 is 30.9. The van der Waals surface area contributed by atoms with E-state index in [1.165, 1.54) is 25.3 Å². The molecule has 1 unspecified atom stereocenters. The van der Waals surface area contributed by atoms with E-state index in [0.29, 0.717) is 0 Å². The summed E-state index contributed by atoms with van der Waals surface area (Å²) in [7, 11) is -2.19.